The molecule has 1 aliphatic rings. The zero-order valence-electron chi connectivity index (χ0n) is 9.79. The largest absolute Gasteiger partial charge is 0.496 e. The number of halogens is 1. The van der Waals surface area contributed by atoms with Crippen molar-refractivity contribution in [1.82, 2.24) is 5.32 Å². The Balaban J connectivity index is 2.14. The van der Waals surface area contributed by atoms with E-state index in [1.54, 1.807) is 7.11 Å². The summed E-state index contributed by atoms with van der Waals surface area (Å²) < 4.78 is 6.52. The van der Waals surface area contributed by atoms with E-state index in [1.807, 2.05) is 19.2 Å². The van der Waals surface area contributed by atoms with Gasteiger partial charge in [0.1, 0.15) is 5.75 Å². The van der Waals surface area contributed by atoms with Gasteiger partial charge in [0.25, 0.3) is 0 Å². The maximum atomic E-state index is 5.40. The lowest BCUT2D eigenvalue weighted by Crippen LogP contribution is -2.29. The van der Waals surface area contributed by atoms with Gasteiger partial charge >= 0.3 is 0 Å². The SMILES string of the molecule is CNC(Cc1cc(Br)ccc1OC)C1CC1. The van der Waals surface area contributed by atoms with Crippen molar-refractivity contribution in [2.24, 2.45) is 5.92 Å². The van der Waals surface area contributed by atoms with E-state index in [0.717, 1.165) is 22.6 Å². The minimum absolute atomic E-state index is 0.586. The Morgan fingerprint density at radius 1 is 1.50 bits per heavy atom. The van der Waals surface area contributed by atoms with Gasteiger partial charge in [0, 0.05) is 10.5 Å². The van der Waals surface area contributed by atoms with Gasteiger partial charge in [0.05, 0.1) is 7.11 Å². The smallest absolute Gasteiger partial charge is 0.122 e. The van der Waals surface area contributed by atoms with E-state index in [0.29, 0.717) is 6.04 Å². The predicted octanol–water partition coefficient (Wildman–Crippen LogP) is 3.00. The molecule has 0 aliphatic heterocycles. The molecule has 0 radical (unpaired) electrons. The van der Waals surface area contributed by atoms with Gasteiger partial charge in [-0.1, -0.05) is 15.9 Å². The standard InChI is InChI=1S/C13H18BrNO/c1-15-12(9-3-4-9)8-10-7-11(14)5-6-13(10)16-2/h5-7,9,12,15H,3-4,8H2,1-2H3. The monoisotopic (exact) mass is 283 g/mol. The molecule has 2 nitrogen and oxygen atoms in total. The van der Waals surface area contributed by atoms with Crippen LogP contribution in [-0.2, 0) is 6.42 Å². The van der Waals surface area contributed by atoms with Crippen LogP contribution in [0.25, 0.3) is 0 Å². The zero-order valence-corrected chi connectivity index (χ0v) is 11.4. The third-order valence-electron chi connectivity index (χ3n) is 3.24. The van der Waals surface area contributed by atoms with Crippen LogP contribution in [0.1, 0.15) is 18.4 Å². The van der Waals surface area contributed by atoms with Gasteiger partial charge in [0.15, 0.2) is 0 Å². The van der Waals surface area contributed by atoms with E-state index in [9.17, 15) is 0 Å². The van der Waals surface area contributed by atoms with E-state index in [4.69, 9.17) is 4.74 Å². The first-order valence-corrected chi connectivity index (χ1v) is 6.53. The molecular weight excluding hydrogens is 266 g/mol. The van der Waals surface area contributed by atoms with Crippen LogP contribution >= 0.6 is 15.9 Å². The number of likely N-dealkylation sites (N-methyl/N-ethyl adjacent to an activating group) is 1. The molecule has 1 fully saturated rings. The van der Waals surface area contributed by atoms with Crippen molar-refractivity contribution in [3.8, 4) is 5.75 Å². The molecule has 88 valence electrons. The average molecular weight is 284 g/mol. The third-order valence-corrected chi connectivity index (χ3v) is 3.74. The highest BCUT2D eigenvalue weighted by molar-refractivity contribution is 9.10. The van der Waals surface area contributed by atoms with E-state index in [2.05, 4.69) is 27.3 Å². The van der Waals surface area contributed by atoms with Crippen LogP contribution < -0.4 is 10.1 Å². The Labute approximate surface area is 106 Å². The summed E-state index contributed by atoms with van der Waals surface area (Å²) in [5.74, 6) is 1.85. The van der Waals surface area contributed by atoms with Crippen molar-refractivity contribution in [2.75, 3.05) is 14.2 Å². The molecule has 0 heterocycles. The minimum Gasteiger partial charge on any atom is -0.496 e. The molecular formula is C13H18BrNO. The lowest BCUT2D eigenvalue weighted by Gasteiger charge is -2.17. The number of hydrogen-bond donors (Lipinski definition) is 1. The summed E-state index contributed by atoms with van der Waals surface area (Å²) in [5.41, 5.74) is 1.28. The van der Waals surface area contributed by atoms with Crippen molar-refractivity contribution in [1.29, 1.82) is 0 Å². The summed E-state index contributed by atoms with van der Waals surface area (Å²) in [5, 5.41) is 3.41. The van der Waals surface area contributed by atoms with Gasteiger partial charge in [-0.25, -0.2) is 0 Å². The molecule has 16 heavy (non-hydrogen) atoms. The molecule has 0 amide bonds. The highest BCUT2D eigenvalue weighted by Gasteiger charge is 2.30. The number of hydrogen-bond acceptors (Lipinski definition) is 2. The second kappa shape index (κ2) is 5.19. The first-order chi connectivity index (χ1) is 7.74. The highest BCUT2D eigenvalue weighted by atomic mass is 79.9. The summed E-state index contributed by atoms with van der Waals surface area (Å²) in [6.45, 7) is 0. The molecule has 0 spiro atoms. The molecule has 1 N–H and O–H groups in total. The first kappa shape index (κ1) is 11.9. The summed E-state index contributed by atoms with van der Waals surface area (Å²) >= 11 is 3.51. The molecule has 1 aromatic carbocycles. The van der Waals surface area contributed by atoms with Crippen LogP contribution in [-0.4, -0.2) is 20.2 Å². The molecule has 0 bridgehead atoms. The molecule has 0 saturated heterocycles. The van der Waals surface area contributed by atoms with Gasteiger partial charge in [-0.15, -0.1) is 0 Å². The topological polar surface area (TPSA) is 21.3 Å². The highest BCUT2D eigenvalue weighted by Crippen LogP contribution is 2.35. The van der Waals surface area contributed by atoms with Crippen LogP contribution in [0.4, 0.5) is 0 Å². The van der Waals surface area contributed by atoms with E-state index >= 15 is 0 Å². The van der Waals surface area contributed by atoms with Crippen LogP contribution in [0.2, 0.25) is 0 Å². The van der Waals surface area contributed by atoms with E-state index in [-0.39, 0.29) is 0 Å². The molecule has 1 saturated carbocycles. The van der Waals surface area contributed by atoms with Crippen LogP contribution in [0.3, 0.4) is 0 Å². The van der Waals surface area contributed by atoms with Crippen LogP contribution in [0, 0.1) is 5.92 Å². The second-order valence-corrected chi connectivity index (χ2v) is 5.31. The average Bonchev–Trinajstić information content (AvgIpc) is 3.10. The van der Waals surface area contributed by atoms with Crippen molar-refractivity contribution in [3.05, 3.63) is 28.2 Å². The van der Waals surface area contributed by atoms with Gasteiger partial charge in [-0.2, -0.15) is 0 Å². The Hall–Kier alpha value is -0.540. The molecule has 0 aromatic heterocycles. The molecule has 3 heteroatoms. The zero-order chi connectivity index (χ0) is 11.5. The van der Waals surface area contributed by atoms with Crippen molar-refractivity contribution < 1.29 is 4.74 Å². The fourth-order valence-electron chi connectivity index (χ4n) is 2.15. The lowest BCUT2D eigenvalue weighted by molar-refractivity contribution is 0.403. The van der Waals surface area contributed by atoms with E-state index in [1.165, 1.54) is 18.4 Å². The number of ether oxygens (including phenoxy) is 1. The Bertz CT molecular complexity index is 363. The van der Waals surface area contributed by atoms with Gasteiger partial charge in [0.2, 0.25) is 0 Å². The predicted molar refractivity (Wildman–Crippen MR) is 70.0 cm³/mol. The third kappa shape index (κ3) is 2.77. The lowest BCUT2D eigenvalue weighted by atomic mass is 10.0. The fraction of sp³-hybridized carbons (Fsp3) is 0.538. The fourth-order valence-corrected chi connectivity index (χ4v) is 2.56. The van der Waals surface area contributed by atoms with Crippen molar-refractivity contribution >= 4 is 15.9 Å². The molecule has 1 atom stereocenters. The summed E-state index contributed by atoms with van der Waals surface area (Å²) in [6, 6.07) is 6.79. The van der Waals surface area contributed by atoms with E-state index < -0.39 is 0 Å². The summed E-state index contributed by atoms with van der Waals surface area (Å²) in [7, 11) is 3.78. The minimum atomic E-state index is 0.586. The summed E-state index contributed by atoms with van der Waals surface area (Å²) in [4.78, 5) is 0. The molecule has 2 rings (SSSR count). The number of benzene rings is 1. The Kier molecular flexibility index (Phi) is 3.87. The Morgan fingerprint density at radius 2 is 2.25 bits per heavy atom. The maximum Gasteiger partial charge on any atom is 0.122 e. The molecule has 1 aliphatic carbocycles. The van der Waals surface area contributed by atoms with Crippen LogP contribution in [0.15, 0.2) is 22.7 Å². The van der Waals surface area contributed by atoms with Crippen molar-refractivity contribution in [3.63, 3.8) is 0 Å². The van der Waals surface area contributed by atoms with Gasteiger partial charge in [-0.3, -0.25) is 0 Å². The Morgan fingerprint density at radius 3 is 2.81 bits per heavy atom. The van der Waals surface area contributed by atoms with Crippen molar-refractivity contribution in [2.45, 2.75) is 25.3 Å². The number of nitrogens with one attached hydrogen (secondary N) is 1. The van der Waals surface area contributed by atoms with Gasteiger partial charge < -0.3 is 10.1 Å². The normalized spacial score (nSPS) is 17.2. The van der Waals surface area contributed by atoms with Crippen LogP contribution in [0.5, 0.6) is 5.75 Å². The van der Waals surface area contributed by atoms with Gasteiger partial charge in [-0.05, 0) is 56.0 Å². The second-order valence-electron chi connectivity index (χ2n) is 4.39. The molecule has 1 aromatic rings. The quantitative estimate of drug-likeness (QED) is 0.897. The number of rotatable bonds is 5. The summed E-state index contributed by atoms with van der Waals surface area (Å²) in [6.07, 6.45) is 3.77. The maximum absolute atomic E-state index is 5.40. The first-order valence-electron chi connectivity index (χ1n) is 5.74. The number of methoxy groups -OCH3 is 1. The molecule has 1 unspecified atom stereocenters.